The van der Waals surface area contributed by atoms with Gasteiger partial charge in [0.15, 0.2) is 0 Å². The molecular formula is C11H21AuP-2. The Morgan fingerprint density at radius 1 is 0.846 bits per heavy atom. The largest absolute Gasteiger partial charge is 0.358 e. The van der Waals surface area contributed by atoms with E-state index < -0.39 is 0 Å². The first-order valence-electron chi connectivity index (χ1n) is 3.16. The Hall–Kier alpha value is 0.390. The minimum Gasteiger partial charge on any atom is -0.358 e. The summed E-state index contributed by atoms with van der Waals surface area (Å²) in [5.74, 6) is 0. The standard InChI is InChI=1S/C8H11P.3CH3.Au/c1-9(2)8-6-4-3-5-7-8;;;;/h3-7H,1-2H3;3*1H3;/q;3*-1;/p+1. The van der Waals surface area contributed by atoms with Crippen molar-refractivity contribution < 1.29 is 22.4 Å². The van der Waals surface area contributed by atoms with Crippen LogP contribution in [-0.4, -0.2) is 13.3 Å². The summed E-state index contributed by atoms with van der Waals surface area (Å²) in [6, 6.07) is 10.7. The zero-order valence-electron chi connectivity index (χ0n) is 9.19. The van der Waals surface area contributed by atoms with Gasteiger partial charge < -0.3 is 22.3 Å². The Kier molecular flexibility index (Phi) is 22.2. The van der Waals surface area contributed by atoms with Gasteiger partial charge in [-0.25, -0.2) is 0 Å². The predicted octanol–water partition coefficient (Wildman–Crippen LogP) is 3.13. The van der Waals surface area contributed by atoms with Crippen LogP contribution in [-0.2, 0) is 22.4 Å². The van der Waals surface area contributed by atoms with Gasteiger partial charge in [-0.2, -0.15) is 0 Å². The van der Waals surface area contributed by atoms with Crippen LogP contribution in [0.4, 0.5) is 0 Å². The van der Waals surface area contributed by atoms with E-state index in [-0.39, 0.29) is 52.6 Å². The molecular weight excluding hydrogens is 360 g/mol. The van der Waals surface area contributed by atoms with E-state index >= 15 is 0 Å². The van der Waals surface area contributed by atoms with Crippen molar-refractivity contribution in [3.8, 4) is 0 Å². The monoisotopic (exact) mass is 381 g/mol. The molecule has 83 valence electrons. The summed E-state index contributed by atoms with van der Waals surface area (Å²) in [6.07, 6.45) is 0. The third-order valence-electron chi connectivity index (χ3n) is 1.35. The van der Waals surface area contributed by atoms with Crippen LogP contribution in [0.5, 0.6) is 0 Å². The topological polar surface area (TPSA) is 0 Å². The van der Waals surface area contributed by atoms with Gasteiger partial charge >= 0.3 is 0 Å². The van der Waals surface area contributed by atoms with Crippen LogP contribution >= 0.6 is 7.92 Å². The van der Waals surface area contributed by atoms with E-state index in [2.05, 4.69) is 43.7 Å². The molecule has 0 aliphatic rings. The van der Waals surface area contributed by atoms with Crippen LogP contribution in [0.1, 0.15) is 0 Å². The minimum absolute atomic E-state index is 0. The van der Waals surface area contributed by atoms with Crippen LogP contribution < -0.4 is 5.30 Å². The summed E-state index contributed by atoms with van der Waals surface area (Å²) in [5.41, 5.74) is 0. The molecule has 2 heteroatoms. The molecule has 0 N–H and O–H groups in total. The first kappa shape index (κ1) is 23.3. The van der Waals surface area contributed by atoms with Crippen molar-refractivity contribution >= 4 is 13.2 Å². The normalized spacial score (nSPS) is 7.00. The maximum Gasteiger partial charge on any atom is 0.0908 e. The average molecular weight is 381 g/mol. The van der Waals surface area contributed by atoms with Crippen LogP contribution in [0, 0.1) is 22.3 Å². The second-order valence-corrected chi connectivity index (χ2v) is 4.94. The van der Waals surface area contributed by atoms with Crippen molar-refractivity contribution in [2.24, 2.45) is 0 Å². The third kappa shape index (κ3) is 8.71. The summed E-state index contributed by atoms with van der Waals surface area (Å²) >= 11 is 0. The predicted molar refractivity (Wildman–Crippen MR) is 65.5 cm³/mol. The minimum atomic E-state index is -0.212. The molecule has 0 heterocycles. The van der Waals surface area contributed by atoms with Gasteiger partial charge in [0.05, 0.1) is 18.6 Å². The number of hydrogen-bond acceptors (Lipinski definition) is 0. The zero-order chi connectivity index (χ0) is 6.69. The molecule has 13 heavy (non-hydrogen) atoms. The fraction of sp³-hybridized carbons (Fsp3) is 0.182. The van der Waals surface area contributed by atoms with Crippen molar-refractivity contribution in [2.45, 2.75) is 0 Å². The van der Waals surface area contributed by atoms with E-state index in [0.29, 0.717) is 0 Å². The van der Waals surface area contributed by atoms with Crippen LogP contribution in [0.2, 0.25) is 0 Å². The maximum absolute atomic E-state index is 2.31. The van der Waals surface area contributed by atoms with Gasteiger partial charge in [-0.15, -0.1) is 0 Å². The quantitative estimate of drug-likeness (QED) is 0.399. The maximum atomic E-state index is 2.31. The summed E-state index contributed by atoms with van der Waals surface area (Å²) in [6.45, 7) is 4.61. The zero-order valence-corrected chi connectivity index (χ0v) is 12.4. The molecule has 1 aromatic carbocycles. The van der Waals surface area contributed by atoms with Gasteiger partial charge in [-0.05, 0) is 12.1 Å². The van der Waals surface area contributed by atoms with Gasteiger partial charge in [0.25, 0.3) is 0 Å². The molecule has 0 unspecified atom stereocenters. The summed E-state index contributed by atoms with van der Waals surface area (Å²) in [5, 5.41) is 1.52. The van der Waals surface area contributed by atoms with E-state index in [1.165, 1.54) is 5.30 Å². The van der Waals surface area contributed by atoms with Crippen molar-refractivity contribution in [1.29, 1.82) is 0 Å². The number of benzene rings is 1. The van der Waals surface area contributed by atoms with Crippen LogP contribution in [0.3, 0.4) is 0 Å². The number of hydrogen-bond donors (Lipinski definition) is 0. The Bertz CT molecular complexity index is 173. The van der Waals surface area contributed by atoms with E-state index in [1.54, 1.807) is 0 Å². The van der Waals surface area contributed by atoms with Crippen molar-refractivity contribution in [3.63, 3.8) is 0 Å². The SMILES string of the molecule is C[PH+](C)c1ccccc1.[Au].[CH3-].[CH3-].[CH3-]. The molecule has 1 rings (SSSR count). The van der Waals surface area contributed by atoms with Crippen molar-refractivity contribution in [3.05, 3.63) is 52.6 Å². The Morgan fingerprint density at radius 2 is 1.23 bits per heavy atom. The van der Waals surface area contributed by atoms with Gasteiger partial charge in [-0.3, -0.25) is 0 Å². The molecule has 0 saturated carbocycles. The average Bonchev–Trinajstić information content (AvgIpc) is 1.90. The molecule has 0 bridgehead atoms. The smallest absolute Gasteiger partial charge is 0.0908 e. The molecule has 1 aromatic rings. The molecule has 0 aliphatic heterocycles. The van der Waals surface area contributed by atoms with Gasteiger partial charge in [-0.1, -0.05) is 18.2 Å². The molecule has 0 saturated heterocycles. The van der Waals surface area contributed by atoms with Crippen molar-refractivity contribution in [1.82, 2.24) is 0 Å². The van der Waals surface area contributed by atoms with Gasteiger partial charge in [0.2, 0.25) is 0 Å². The fourth-order valence-corrected chi connectivity index (χ4v) is 1.63. The molecule has 0 atom stereocenters. The fourth-order valence-electron chi connectivity index (χ4n) is 0.771. The second kappa shape index (κ2) is 12.4. The first-order valence-corrected chi connectivity index (χ1v) is 5.66. The third-order valence-corrected chi connectivity index (χ3v) is 2.84. The molecule has 0 nitrogen and oxygen atoms in total. The van der Waals surface area contributed by atoms with Crippen LogP contribution in [0.25, 0.3) is 0 Å². The summed E-state index contributed by atoms with van der Waals surface area (Å²) in [7, 11) is -0.212. The van der Waals surface area contributed by atoms with Gasteiger partial charge in [0, 0.05) is 30.3 Å². The summed E-state index contributed by atoms with van der Waals surface area (Å²) < 4.78 is 0. The van der Waals surface area contributed by atoms with E-state index in [0.717, 1.165) is 0 Å². The second-order valence-electron chi connectivity index (χ2n) is 2.37. The molecule has 0 aromatic heterocycles. The molecule has 0 fully saturated rings. The molecule has 0 spiro atoms. The van der Waals surface area contributed by atoms with Crippen molar-refractivity contribution in [2.75, 3.05) is 13.3 Å². The molecule has 0 aliphatic carbocycles. The van der Waals surface area contributed by atoms with E-state index in [4.69, 9.17) is 0 Å². The van der Waals surface area contributed by atoms with Gasteiger partial charge in [0.1, 0.15) is 0 Å². The Morgan fingerprint density at radius 3 is 1.46 bits per heavy atom. The summed E-state index contributed by atoms with van der Waals surface area (Å²) in [4.78, 5) is 0. The molecule has 0 amide bonds. The first-order chi connectivity index (χ1) is 4.30. The van der Waals surface area contributed by atoms with E-state index in [1.807, 2.05) is 0 Å². The van der Waals surface area contributed by atoms with Crippen LogP contribution in [0.15, 0.2) is 30.3 Å². The Labute approximate surface area is 101 Å². The van der Waals surface area contributed by atoms with E-state index in [9.17, 15) is 0 Å². The number of rotatable bonds is 1. The molecule has 1 radical (unpaired) electrons. The Balaban J connectivity index is -0.000000101.